The molecule has 1 aliphatic heterocycles. The first-order chi connectivity index (χ1) is 12.8. The van der Waals surface area contributed by atoms with Gasteiger partial charge in [0, 0.05) is 37.9 Å². The lowest BCUT2D eigenvalue weighted by Crippen LogP contribution is -2.46. The van der Waals surface area contributed by atoms with Gasteiger partial charge < -0.3 is 9.64 Å². The summed E-state index contributed by atoms with van der Waals surface area (Å²) in [6.45, 7) is 14.6. The van der Waals surface area contributed by atoms with Crippen LogP contribution in [0.15, 0.2) is 18.2 Å². The Kier molecular flexibility index (Phi) is 9.99. The summed E-state index contributed by atoms with van der Waals surface area (Å²) in [5, 5.41) is 0. The summed E-state index contributed by atoms with van der Waals surface area (Å²) in [6.07, 6.45) is -0.997. The van der Waals surface area contributed by atoms with Gasteiger partial charge in [0.2, 0.25) is 0 Å². The third-order valence-corrected chi connectivity index (χ3v) is 4.66. The molecule has 0 N–H and O–H groups in total. The van der Waals surface area contributed by atoms with Crippen molar-refractivity contribution in [2.75, 3.05) is 37.6 Å². The summed E-state index contributed by atoms with van der Waals surface area (Å²) in [7, 11) is 0. The van der Waals surface area contributed by atoms with Crippen LogP contribution in [0.1, 0.15) is 65.4 Å². The molecule has 0 spiro atoms. The Morgan fingerprint density at radius 2 is 1.67 bits per heavy atom. The van der Waals surface area contributed by atoms with Crippen LogP contribution in [-0.4, -0.2) is 44.0 Å². The largest absolute Gasteiger partial charge is 0.573 e. The van der Waals surface area contributed by atoms with E-state index < -0.39 is 6.36 Å². The maximum absolute atomic E-state index is 12.7. The van der Waals surface area contributed by atoms with E-state index in [0.29, 0.717) is 5.56 Å². The maximum atomic E-state index is 12.7. The highest BCUT2D eigenvalue weighted by molar-refractivity contribution is 5.55. The Labute approximate surface area is 162 Å². The number of halogens is 3. The van der Waals surface area contributed by atoms with Gasteiger partial charge in [-0.25, -0.2) is 0 Å². The zero-order valence-corrected chi connectivity index (χ0v) is 17.4. The summed E-state index contributed by atoms with van der Waals surface area (Å²) in [5.74, 6) is -0.104. The molecule has 0 radical (unpaired) electrons. The quantitative estimate of drug-likeness (QED) is 0.529. The molecule has 1 aromatic carbocycles. The predicted octanol–water partition coefficient (Wildman–Crippen LogP) is 6.05. The molecule has 1 heterocycles. The first-order valence-electron chi connectivity index (χ1n) is 10.2. The zero-order valence-electron chi connectivity index (χ0n) is 17.4. The van der Waals surface area contributed by atoms with Gasteiger partial charge in [-0.2, -0.15) is 0 Å². The van der Waals surface area contributed by atoms with Crippen molar-refractivity contribution in [1.29, 1.82) is 0 Å². The van der Waals surface area contributed by atoms with Gasteiger partial charge in [0.1, 0.15) is 5.75 Å². The van der Waals surface area contributed by atoms with E-state index >= 15 is 0 Å². The molecule has 0 bridgehead atoms. The maximum Gasteiger partial charge on any atom is 0.573 e. The minimum Gasteiger partial charge on any atom is -0.405 e. The van der Waals surface area contributed by atoms with Crippen LogP contribution in [0.3, 0.4) is 0 Å². The highest BCUT2D eigenvalue weighted by Gasteiger charge is 2.32. The van der Waals surface area contributed by atoms with E-state index in [4.69, 9.17) is 0 Å². The molecule has 27 heavy (non-hydrogen) atoms. The van der Waals surface area contributed by atoms with Crippen molar-refractivity contribution in [2.45, 2.75) is 66.2 Å². The molecule has 0 amide bonds. The van der Waals surface area contributed by atoms with Crippen LogP contribution in [0.2, 0.25) is 0 Å². The van der Waals surface area contributed by atoms with Gasteiger partial charge in [0.05, 0.1) is 0 Å². The first kappa shape index (κ1) is 23.6. The summed E-state index contributed by atoms with van der Waals surface area (Å²) in [4.78, 5) is 4.57. The van der Waals surface area contributed by atoms with Gasteiger partial charge in [-0.3, -0.25) is 4.90 Å². The average Bonchev–Trinajstić information content (AvgIpc) is 2.62. The van der Waals surface area contributed by atoms with Gasteiger partial charge in [0.25, 0.3) is 0 Å². The van der Waals surface area contributed by atoms with E-state index in [9.17, 15) is 13.2 Å². The second kappa shape index (κ2) is 11.4. The van der Waals surface area contributed by atoms with Crippen molar-refractivity contribution in [1.82, 2.24) is 4.90 Å². The standard InChI is InChI=1S/C19H29F3N2O.C2H6/c1-4-5-6-9-23-10-12-24(13-11-23)16-7-8-17(15(2)3)18(14-16)25-19(20,21)22;1-2/h7-8,14-15H,4-6,9-13H2,1-3H3;1-2H3. The summed E-state index contributed by atoms with van der Waals surface area (Å²) in [6, 6.07) is 5.20. The van der Waals surface area contributed by atoms with Crippen molar-refractivity contribution < 1.29 is 17.9 Å². The SMILES string of the molecule is CC.CCCCCN1CCN(c2ccc(C(C)C)c(OC(F)(F)F)c2)CC1. The topological polar surface area (TPSA) is 15.7 Å². The lowest BCUT2D eigenvalue weighted by atomic mass is 10.0. The molecular weight excluding hydrogens is 353 g/mol. The van der Waals surface area contributed by atoms with Crippen molar-refractivity contribution in [3.63, 3.8) is 0 Å². The summed E-state index contributed by atoms with van der Waals surface area (Å²) in [5.41, 5.74) is 1.39. The van der Waals surface area contributed by atoms with E-state index in [-0.39, 0.29) is 11.7 Å². The third kappa shape index (κ3) is 7.99. The number of piperazine rings is 1. The number of unbranched alkanes of at least 4 members (excludes halogenated alkanes) is 2. The fourth-order valence-corrected chi connectivity index (χ4v) is 3.22. The highest BCUT2D eigenvalue weighted by Crippen LogP contribution is 2.34. The van der Waals surface area contributed by atoms with E-state index in [1.807, 2.05) is 33.8 Å². The minimum atomic E-state index is -4.67. The van der Waals surface area contributed by atoms with Crippen LogP contribution in [0.5, 0.6) is 5.75 Å². The molecule has 3 nitrogen and oxygen atoms in total. The Bertz CT molecular complexity index is 539. The third-order valence-electron chi connectivity index (χ3n) is 4.66. The lowest BCUT2D eigenvalue weighted by molar-refractivity contribution is -0.274. The average molecular weight is 389 g/mol. The fourth-order valence-electron chi connectivity index (χ4n) is 3.22. The van der Waals surface area contributed by atoms with E-state index in [0.717, 1.165) is 38.4 Å². The number of nitrogens with zero attached hydrogens (tertiary/aromatic N) is 2. The molecule has 0 atom stereocenters. The molecule has 0 unspecified atom stereocenters. The minimum absolute atomic E-state index is 0.0261. The Balaban J connectivity index is 0.00000176. The second-order valence-electron chi connectivity index (χ2n) is 6.96. The monoisotopic (exact) mass is 388 g/mol. The molecule has 1 aliphatic rings. The van der Waals surface area contributed by atoms with Gasteiger partial charge in [-0.1, -0.05) is 53.5 Å². The normalized spacial score (nSPS) is 15.5. The smallest absolute Gasteiger partial charge is 0.405 e. The summed E-state index contributed by atoms with van der Waals surface area (Å²) < 4.78 is 42.4. The van der Waals surface area contributed by atoms with Crippen LogP contribution < -0.4 is 9.64 Å². The van der Waals surface area contributed by atoms with Crippen molar-refractivity contribution in [3.8, 4) is 5.75 Å². The molecule has 0 aromatic heterocycles. The lowest BCUT2D eigenvalue weighted by Gasteiger charge is -2.36. The molecule has 6 heteroatoms. The molecule has 156 valence electrons. The fraction of sp³-hybridized carbons (Fsp3) is 0.714. The highest BCUT2D eigenvalue weighted by atomic mass is 19.4. The van der Waals surface area contributed by atoms with Gasteiger partial charge in [-0.15, -0.1) is 13.2 Å². The number of anilines is 1. The van der Waals surface area contributed by atoms with E-state index in [2.05, 4.69) is 21.5 Å². The Morgan fingerprint density at radius 3 is 2.19 bits per heavy atom. The summed E-state index contributed by atoms with van der Waals surface area (Å²) >= 11 is 0. The number of hydrogen-bond acceptors (Lipinski definition) is 3. The van der Waals surface area contributed by atoms with Crippen molar-refractivity contribution in [2.24, 2.45) is 0 Å². The number of ether oxygens (including phenoxy) is 1. The van der Waals surface area contributed by atoms with Crippen LogP contribution in [0.25, 0.3) is 0 Å². The van der Waals surface area contributed by atoms with E-state index in [1.54, 1.807) is 6.07 Å². The molecule has 0 aliphatic carbocycles. The van der Waals surface area contributed by atoms with Gasteiger partial charge >= 0.3 is 6.36 Å². The molecule has 1 fully saturated rings. The second-order valence-corrected chi connectivity index (χ2v) is 6.96. The first-order valence-corrected chi connectivity index (χ1v) is 10.2. The molecular formula is C21H35F3N2O. The molecule has 2 rings (SSSR count). The number of rotatable bonds is 7. The predicted molar refractivity (Wildman–Crippen MR) is 107 cm³/mol. The Hall–Kier alpha value is -1.43. The molecule has 1 saturated heterocycles. The number of alkyl halides is 3. The van der Waals surface area contributed by atoms with Crippen LogP contribution in [0, 0.1) is 0 Å². The van der Waals surface area contributed by atoms with Crippen LogP contribution in [-0.2, 0) is 0 Å². The molecule has 1 aromatic rings. The molecule has 0 saturated carbocycles. The van der Waals surface area contributed by atoms with Gasteiger partial charge in [-0.05, 0) is 30.5 Å². The van der Waals surface area contributed by atoms with Crippen LogP contribution in [0.4, 0.5) is 18.9 Å². The zero-order chi connectivity index (χ0) is 20.4. The van der Waals surface area contributed by atoms with Crippen molar-refractivity contribution in [3.05, 3.63) is 23.8 Å². The van der Waals surface area contributed by atoms with Crippen molar-refractivity contribution >= 4 is 5.69 Å². The Morgan fingerprint density at radius 1 is 1.04 bits per heavy atom. The van der Waals surface area contributed by atoms with Gasteiger partial charge in [0.15, 0.2) is 0 Å². The number of benzene rings is 1. The van der Waals surface area contributed by atoms with E-state index in [1.165, 1.54) is 25.3 Å². The number of hydrogen-bond donors (Lipinski definition) is 0. The van der Waals surface area contributed by atoms with Crippen LogP contribution >= 0.6 is 0 Å².